The highest BCUT2D eigenvalue weighted by Gasteiger charge is 2.36. The van der Waals surface area contributed by atoms with Gasteiger partial charge in [-0.1, -0.05) is 24.3 Å². The molecule has 0 aliphatic carbocycles. The van der Waals surface area contributed by atoms with Crippen LogP contribution < -0.4 is 14.8 Å². The lowest BCUT2D eigenvalue weighted by Gasteiger charge is -2.33. The predicted octanol–water partition coefficient (Wildman–Crippen LogP) is 3.44. The maximum absolute atomic E-state index is 12.6. The van der Waals surface area contributed by atoms with E-state index in [0.717, 1.165) is 16.8 Å². The average molecular weight is 341 g/mol. The van der Waals surface area contributed by atoms with Crippen LogP contribution in [0.2, 0.25) is 0 Å². The molecule has 2 aromatic carbocycles. The molecule has 0 aromatic heterocycles. The first kappa shape index (κ1) is 17.1. The second kappa shape index (κ2) is 7.47. The summed E-state index contributed by atoms with van der Waals surface area (Å²) in [5.41, 5.74) is 3.13. The zero-order valence-corrected chi connectivity index (χ0v) is 14.7. The summed E-state index contributed by atoms with van der Waals surface area (Å²) in [4.78, 5) is 12.6. The monoisotopic (exact) mass is 341 g/mol. The molecule has 132 valence electrons. The van der Waals surface area contributed by atoms with Gasteiger partial charge in [0.2, 0.25) is 0 Å². The maximum Gasteiger partial charge on any atom is 0.311 e. The normalized spacial score (nSPS) is 18.7. The zero-order valence-electron chi connectivity index (χ0n) is 14.7. The Labute approximate surface area is 147 Å². The van der Waals surface area contributed by atoms with Crippen molar-refractivity contribution in [2.24, 2.45) is 5.92 Å². The number of carbonyl (C=O) groups is 1. The maximum atomic E-state index is 12.6. The highest BCUT2D eigenvalue weighted by molar-refractivity contribution is 5.78. The van der Waals surface area contributed by atoms with Gasteiger partial charge in [0.25, 0.3) is 0 Å². The largest absolute Gasteiger partial charge is 0.493 e. The van der Waals surface area contributed by atoms with E-state index in [-0.39, 0.29) is 17.8 Å². The summed E-state index contributed by atoms with van der Waals surface area (Å²) >= 11 is 0. The molecule has 0 bridgehead atoms. The van der Waals surface area contributed by atoms with Crippen molar-refractivity contribution in [3.63, 3.8) is 0 Å². The van der Waals surface area contributed by atoms with Crippen molar-refractivity contribution < 1.29 is 19.0 Å². The van der Waals surface area contributed by atoms with Crippen LogP contribution in [0.4, 0.5) is 5.69 Å². The highest BCUT2D eigenvalue weighted by Crippen LogP contribution is 2.42. The summed E-state index contributed by atoms with van der Waals surface area (Å²) in [7, 11) is 3.22. The van der Waals surface area contributed by atoms with Crippen LogP contribution in [0.15, 0.2) is 42.5 Å². The highest BCUT2D eigenvalue weighted by atomic mass is 16.5. The van der Waals surface area contributed by atoms with Gasteiger partial charge in [0.05, 0.1) is 26.7 Å². The second-order valence-corrected chi connectivity index (χ2v) is 5.92. The van der Waals surface area contributed by atoms with Gasteiger partial charge in [-0.25, -0.2) is 0 Å². The molecule has 2 atom stereocenters. The van der Waals surface area contributed by atoms with Gasteiger partial charge in [0, 0.05) is 18.2 Å². The molecular formula is C20H23NO4. The molecule has 0 saturated carbocycles. The van der Waals surface area contributed by atoms with Crippen molar-refractivity contribution in [3.05, 3.63) is 53.6 Å². The van der Waals surface area contributed by atoms with Crippen molar-refractivity contribution in [2.75, 3.05) is 32.7 Å². The van der Waals surface area contributed by atoms with Crippen molar-refractivity contribution in [1.82, 2.24) is 0 Å². The van der Waals surface area contributed by atoms with E-state index in [0.29, 0.717) is 24.7 Å². The Morgan fingerprint density at radius 1 is 1.12 bits per heavy atom. The molecule has 0 amide bonds. The molecule has 3 rings (SSSR count). The number of fused-ring (bicyclic) bond motifs is 1. The Balaban J connectivity index is 2.09. The number of esters is 1. The minimum absolute atomic E-state index is 0.101. The van der Waals surface area contributed by atoms with E-state index in [1.165, 1.54) is 0 Å². The van der Waals surface area contributed by atoms with Gasteiger partial charge in [-0.05, 0) is 36.2 Å². The van der Waals surface area contributed by atoms with Crippen LogP contribution in [0, 0.1) is 5.92 Å². The lowest BCUT2D eigenvalue weighted by atomic mass is 9.77. The molecule has 0 spiro atoms. The zero-order chi connectivity index (χ0) is 17.8. The summed E-state index contributed by atoms with van der Waals surface area (Å²) < 4.78 is 16.1. The average Bonchev–Trinajstić information content (AvgIpc) is 2.66. The SMILES string of the molecule is CCOC(=O)[C@H]1CNc2ccccc2[C@@H]1c1ccc(OC)c(OC)c1. The Morgan fingerprint density at radius 2 is 1.88 bits per heavy atom. The number of ether oxygens (including phenoxy) is 3. The Morgan fingerprint density at radius 3 is 2.60 bits per heavy atom. The van der Waals surface area contributed by atoms with Gasteiger partial charge in [-0.2, -0.15) is 0 Å². The van der Waals surface area contributed by atoms with Crippen molar-refractivity contribution in [3.8, 4) is 11.5 Å². The Hall–Kier alpha value is -2.69. The molecule has 1 aliphatic heterocycles. The molecule has 5 heteroatoms. The summed E-state index contributed by atoms with van der Waals surface area (Å²) in [6, 6.07) is 13.9. The summed E-state index contributed by atoms with van der Waals surface area (Å²) in [5, 5.41) is 3.35. The van der Waals surface area contributed by atoms with Crippen molar-refractivity contribution in [1.29, 1.82) is 0 Å². The Kier molecular flexibility index (Phi) is 5.12. The number of nitrogens with one attached hydrogen (secondary N) is 1. The van der Waals surface area contributed by atoms with Gasteiger partial charge in [0.15, 0.2) is 11.5 Å². The standard InChI is InChI=1S/C20H23NO4/c1-4-25-20(22)15-12-21-16-8-6-5-7-14(16)19(15)13-9-10-17(23-2)18(11-13)24-3/h5-11,15,19,21H,4,12H2,1-3H3/t15-,19-/m0/s1. The van der Waals surface area contributed by atoms with E-state index in [1.807, 2.05) is 43.3 Å². The summed E-state index contributed by atoms with van der Waals surface area (Å²) in [6.45, 7) is 2.73. The molecular weight excluding hydrogens is 318 g/mol. The third-order valence-corrected chi connectivity index (χ3v) is 4.57. The van der Waals surface area contributed by atoms with Crippen LogP contribution in [0.25, 0.3) is 0 Å². The smallest absolute Gasteiger partial charge is 0.311 e. The fraction of sp³-hybridized carbons (Fsp3) is 0.350. The number of hydrogen-bond acceptors (Lipinski definition) is 5. The number of anilines is 1. The molecule has 0 radical (unpaired) electrons. The first-order chi connectivity index (χ1) is 12.2. The van der Waals surface area contributed by atoms with Crippen molar-refractivity contribution in [2.45, 2.75) is 12.8 Å². The van der Waals surface area contributed by atoms with Crippen LogP contribution in [-0.4, -0.2) is 33.3 Å². The third kappa shape index (κ3) is 3.27. The summed E-state index contributed by atoms with van der Waals surface area (Å²) in [6.07, 6.45) is 0. The van der Waals surface area contributed by atoms with Gasteiger partial charge < -0.3 is 19.5 Å². The number of carbonyl (C=O) groups excluding carboxylic acids is 1. The van der Waals surface area contributed by atoms with Crippen LogP contribution in [-0.2, 0) is 9.53 Å². The number of para-hydroxylation sites is 1. The second-order valence-electron chi connectivity index (χ2n) is 5.92. The van der Waals surface area contributed by atoms with Crippen LogP contribution in [0.3, 0.4) is 0 Å². The van der Waals surface area contributed by atoms with E-state index in [9.17, 15) is 4.79 Å². The fourth-order valence-corrected chi connectivity index (χ4v) is 3.41. The first-order valence-corrected chi connectivity index (χ1v) is 8.41. The fourth-order valence-electron chi connectivity index (χ4n) is 3.41. The van der Waals surface area contributed by atoms with E-state index in [1.54, 1.807) is 14.2 Å². The Bertz CT molecular complexity index is 759. The van der Waals surface area contributed by atoms with Crippen LogP contribution in [0.1, 0.15) is 24.0 Å². The minimum Gasteiger partial charge on any atom is -0.493 e. The third-order valence-electron chi connectivity index (χ3n) is 4.57. The molecule has 1 N–H and O–H groups in total. The number of rotatable bonds is 5. The van der Waals surface area contributed by atoms with E-state index in [2.05, 4.69) is 11.4 Å². The van der Waals surface area contributed by atoms with E-state index in [4.69, 9.17) is 14.2 Å². The van der Waals surface area contributed by atoms with Crippen LogP contribution in [0.5, 0.6) is 11.5 Å². The number of benzene rings is 2. The number of hydrogen-bond donors (Lipinski definition) is 1. The van der Waals surface area contributed by atoms with Gasteiger partial charge in [-0.15, -0.1) is 0 Å². The quantitative estimate of drug-likeness (QED) is 0.844. The molecule has 1 heterocycles. The van der Waals surface area contributed by atoms with Gasteiger partial charge >= 0.3 is 5.97 Å². The summed E-state index contributed by atoms with van der Waals surface area (Å²) in [5.74, 6) is 0.730. The topological polar surface area (TPSA) is 56.8 Å². The molecule has 1 aliphatic rings. The molecule has 0 saturated heterocycles. The van der Waals surface area contributed by atoms with Gasteiger partial charge in [0.1, 0.15) is 0 Å². The van der Waals surface area contributed by atoms with E-state index >= 15 is 0 Å². The van der Waals surface area contributed by atoms with Gasteiger partial charge in [-0.3, -0.25) is 4.79 Å². The molecule has 25 heavy (non-hydrogen) atoms. The molecule has 0 unspecified atom stereocenters. The molecule has 5 nitrogen and oxygen atoms in total. The molecule has 2 aromatic rings. The minimum atomic E-state index is -0.298. The van der Waals surface area contributed by atoms with E-state index < -0.39 is 0 Å². The van der Waals surface area contributed by atoms with Crippen molar-refractivity contribution >= 4 is 11.7 Å². The first-order valence-electron chi connectivity index (χ1n) is 8.41. The number of methoxy groups -OCH3 is 2. The lowest BCUT2D eigenvalue weighted by molar-refractivity contribution is -0.148. The lowest BCUT2D eigenvalue weighted by Crippen LogP contribution is -2.35. The van der Waals surface area contributed by atoms with Crippen LogP contribution >= 0.6 is 0 Å². The predicted molar refractivity (Wildman–Crippen MR) is 96.4 cm³/mol. The molecule has 0 fully saturated rings.